The van der Waals surface area contributed by atoms with Gasteiger partial charge in [0.25, 0.3) is 0 Å². The molecule has 1 aromatic rings. The molecule has 3 unspecified atom stereocenters. The van der Waals surface area contributed by atoms with Gasteiger partial charge >= 0.3 is 0 Å². The van der Waals surface area contributed by atoms with E-state index in [-0.39, 0.29) is 24.2 Å². The summed E-state index contributed by atoms with van der Waals surface area (Å²) in [5.41, 5.74) is 0. The molecule has 1 aliphatic heterocycles. The molecule has 1 aliphatic rings. The average Bonchev–Trinajstić information content (AvgIpc) is 2.89. The predicted molar refractivity (Wildman–Crippen MR) is 77.2 cm³/mol. The van der Waals surface area contributed by atoms with Crippen molar-refractivity contribution in [1.82, 2.24) is 10.2 Å². The van der Waals surface area contributed by atoms with Crippen LogP contribution in [0.15, 0.2) is 12.1 Å². The topological polar surface area (TPSA) is 41.6 Å². The summed E-state index contributed by atoms with van der Waals surface area (Å²) in [6.45, 7) is 9.29. The van der Waals surface area contributed by atoms with E-state index in [9.17, 15) is 4.79 Å². The first-order valence-corrected chi connectivity index (χ1v) is 7.59. The number of nitrogens with zero attached hydrogens (tertiary/aromatic N) is 1. The number of hydrogen-bond donors (Lipinski definition) is 1. The van der Waals surface area contributed by atoms with Crippen LogP contribution in [0.2, 0.25) is 0 Å². The zero-order chi connectivity index (χ0) is 14.0. The van der Waals surface area contributed by atoms with Gasteiger partial charge in [-0.2, -0.15) is 0 Å². The zero-order valence-corrected chi connectivity index (χ0v) is 12.8. The van der Waals surface area contributed by atoms with Gasteiger partial charge in [-0.1, -0.05) is 0 Å². The van der Waals surface area contributed by atoms with Gasteiger partial charge < -0.3 is 9.64 Å². The molecule has 0 radical (unpaired) electrons. The third kappa shape index (κ3) is 3.16. The van der Waals surface area contributed by atoms with Crippen molar-refractivity contribution in [2.75, 3.05) is 13.2 Å². The van der Waals surface area contributed by atoms with Gasteiger partial charge in [-0.3, -0.25) is 10.1 Å². The molecule has 1 amide bonds. The molecule has 106 valence electrons. The molecular weight excluding hydrogens is 260 g/mol. The van der Waals surface area contributed by atoms with Crippen molar-refractivity contribution in [1.29, 1.82) is 0 Å². The van der Waals surface area contributed by atoms with Crippen LogP contribution in [0.1, 0.15) is 36.7 Å². The lowest BCUT2D eigenvalue weighted by atomic mass is 10.3. The second kappa shape index (κ2) is 6.03. The SMILES string of the molecule is CCOC(C)CN1C(=O)C(C)NC1c1ccc(C)s1. The predicted octanol–water partition coefficient (Wildman–Crippen LogP) is 2.30. The van der Waals surface area contributed by atoms with Crippen molar-refractivity contribution < 1.29 is 9.53 Å². The maximum atomic E-state index is 12.2. The van der Waals surface area contributed by atoms with Gasteiger partial charge in [-0.25, -0.2) is 0 Å². The van der Waals surface area contributed by atoms with Gasteiger partial charge in [-0.05, 0) is 39.8 Å². The van der Waals surface area contributed by atoms with E-state index in [0.29, 0.717) is 13.2 Å². The quantitative estimate of drug-likeness (QED) is 0.901. The molecule has 4 nitrogen and oxygen atoms in total. The highest BCUT2D eigenvalue weighted by Gasteiger charge is 2.38. The lowest BCUT2D eigenvalue weighted by Crippen LogP contribution is -2.37. The van der Waals surface area contributed by atoms with E-state index in [1.165, 1.54) is 9.75 Å². The smallest absolute Gasteiger partial charge is 0.241 e. The molecular formula is C14H22N2O2S. The fraction of sp³-hybridized carbons (Fsp3) is 0.643. The number of nitrogens with one attached hydrogen (secondary N) is 1. The van der Waals surface area contributed by atoms with Crippen LogP contribution in [0.25, 0.3) is 0 Å². The Labute approximate surface area is 118 Å². The largest absolute Gasteiger partial charge is 0.377 e. The van der Waals surface area contributed by atoms with E-state index in [4.69, 9.17) is 4.74 Å². The average molecular weight is 282 g/mol. The summed E-state index contributed by atoms with van der Waals surface area (Å²) in [5.74, 6) is 0.155. The van der Waals surface area contributed by atoms with Gasteiger partial charge in [0.15, 0.2) is 0 Å². The third-order valence-electron chi connectivity index (χ3n) is 3.31. The van der Waals surface area contributed by atoms with Gasteiger partial charge in [-0.15, -0.1) is 11.3 Å². The standard InChI is InChI=1S/C14H22N2O2S/c1-5-18-9(2)8-16-13(15-11(4)14(16)17)12-7-6-10(3)19-12/h6-7,9,11,13,15H,5,8H2,1-4H3. The molecule has 0 saturated carbocycles. The Hall–Kier alpha value is -0.910. The lowest BCUT2D eigenvalue weighted by molar-refractivity contribution is -0.131. The molecule has 0 spiro atoms. The first kappa shape index (κ1) is 14.5. The highest BCUT2D eigenvalue weighted by Crippen LogP contribution is 2.30. The van der Waals surface area contributed by atoms with Crippen LogP contribution in [-0.4, -0.2) is 36.1 Å². The minimum Gasteiger partial charge on any atom is -0.377 e. The Morgan fingerprint density at radius 2 is 2.26 bits per heavy atom. The summed E-state index contributed by atoms with van der Waals surface area (Å²) < 4.78 is 5.56. The number of hydrogen-bond acceptors (Lipinski definition) is 4. The maximum Gasteiger partial charge on any atom is 0.241 e. The third-order valence-corrected chi connectivity index (χ3v) is 4.36. The molecule has 0 aromatic carbocycles. The Bertz CT molecular complexity index is 446. The van der Waals surface area contributed by atoms with Crippen LogP contribution in [0.5, 0.6) is 0 Å². The molecule has 0 aliphatic carbocycles. The number of carbonyl (C=O) groups excluding carboxylic acids is 1. The van der Waals surface area contributed by atoms with Crippen molar-refractivity contribution in [3.8, 4) is 0 Å². The van der Waals surface area contributed by atoms with Crippen molar-refractivity contribution in [3.63, 3.8) is 0 Å². The molecule has 5 heteroatoms. The summed E-state index contributed by atoms with van der Waals surface area (Å²) in [5, 5.41) is 3.36. The number of carbonyl (C=O) groups is 1. The van der Waals surface area contributed by atoms with E-state index in [1.54, 1.807) is 11.3 Å². The summed E-state index contributed by atoms with van der Waals surface area (Å²) >= 11 is 1.74. The van der Waals surface area contributed by atoms with Gasteiger partial charge in [0.05, 0.1) is 12.1 Å². The molecule has 1 N–H and O–H groups in total. The van der Waals surface area contributed by atoms with Crippen LogP contribution >= 0.6 is 11.3 Å². The van der Waals surface area contributed by atoms with E-state index >= 15 is 0 Å². The Kier molecular flexibility index (Phi) is 4.60. The Morgan fingerprint density at radius 3 is 2.84 bits per heavy atom. The molecule has 19 heavy (non-hydrogen) atoms. The van der Waals surface area contributed by atoms with Crippen molar-refractivity contribution in [3.05, 3.63) is 21.9 Å². The molecule has 1 aromatic heterocycles. The Morgan fingerprint density at radius 1 is 1.53 bits per heavy atom. The van der Waals surface area contributed by atoms with E-state index < -0.39 is 0 Å². The second-order valence-electron chi connectivity index (χ2n) is 5.00. The van der Waals surface area contributed by atoms with Crippen molar-refractivity contribution >= 4 is 17.2 Å². The highest BCUT2D eigenvalue weighted by molar-refractivity contribution is 7.12. The normalized spacial score (nSPS) is 25.1. The molecule has 1 fully saturated rings. The van der Waals surface area contributed by atoms with Crippen molar-refractivity contribution in [2.24, 2.45) is 0 Å². The van der Waals surface area contributed by atoms with Crippen molar-refractivity contribution in [2.45, 2.75) is 46.0 Å². The van der Waals surface area contributed by atoms with Crippen LogP contribution < -0.4 is 5.32 Å². The summed E-state index contributed by atoms with van der Waals surface area (Å²) in [7, 11) is 0. The Balaban J connectivity index is 2.14. The number of rotatable bonds is 5. The van der Waals surface area contributed by atoms with Gasteiger partial charge in [0, 0.05) is 22.9 Å². The first-order valence-electron chi connectivity index (χ1n) is 6.77. The minimum absolute atomic E-state index is 0.0101. The summed E-state index contributed by atoms with van der Waals surface area (Å²) in [6, 6.07) is 4.07. The monoisotopic (exact) mass is 282 g/mol. The van der Waals surface area contributed by atoms with E-state index in [1.807, 2.05) is 25.7 Å². The number of thiophene rings is 1. The molecule has 3 atom stereocenters. The van der Waals surface area contributed by atoms with Gasteiger partial charge in [0.2, 0.25) is 5.91 Å². The van der Waals surface area contributed by atoms with Gasteiger partial charge in [0.1, 0.15) is 6.17 Å². The molecule has 2 heterocycles. The zero-order valence-electron chi connectivity index (χ0n) is 12.0. The van der Waals surface area contributed by atoms with E-state index in [0.717, 1.165) is 0 Å². The van der Waals surface area contributed by atoms with Crippen LogP contribution in [0, 0.1) is 6.92 Å². The lowest BCUT2D eigenvalue weighted by Gasteiger charge is -2.26. The maximum absolute atomic E-state index is 12.2. The fourth-order valence-electron chi connectivity index (χ4n) is 2.42. The van der Waals surface area contributed by atoms with E-state index in [2.05, 4.69) is 24.4 Å². The van der Waals surface area contributed by atoms with Crippen LogP contribution in [-0.2, 0) is 9.53 Å². The fourth-order valence-corrected chi connectivity index (χ4v) is 3.37. The number of ether oxygens (including phenoxy) is 1. The molecule has 2 rings (SSSR count). The summed E-state index contributed by atoms with van der Waals surface area (Å²) in [4.78, 5) is 16.6. The second-order valence-corrected chi connectivity index (χ2v) is 6.32. The molecule has 1 saturated heterocycles. The number of aryl methyl sites for hydroxylation is 1. The number of amides is 1. The molecule has 0 bridgehead atoms. The van der Waals surface area contributed by atoms with Crippen LogP contribution in [0.3, 0.4) is 0 Å². The first-order chi connectivity index (χ1) is 9.02. The minimum atomic E-state index is -0.124. The summed E-state index contributed by atoms with van der Waals surface area (Å²) in [6.07, 6.45) is 0.0497. The van der Waals surface area contributed by atoms with Crippen LogP contribution in [0.4, 0.5) is 0 Å². The highest BCUT2D eigenvalue weighted by atomic mass is 32.1.